The van der Waals surface area contributed by atoms with E-state index in [9.17, 15) is 4.79 Å². The molecule has 4 heteroatoms. The molecular formula is C15H17N3O. The first-order chi connectivity index (χ1) is 9.02. The van der Waals surface area contributed by atoms with Crippen molar-refractivity contribution in [2.45, 2.75) is 20.8 Å². The number of carbonyl (C=O) groups excluding carboxylic acids is 1. The molecule has 1 aromatic heterocycles. The highest BCUT2D eigenvalue weighted by Gasteiger charge is 2.00. The number of aromatic nitrogens is 1. The first kappa shape index (κ1) is 13.1. The minimum absolute atomic E-state index is 0.100. The van der Waals surface area contributed by atoms with Gasteiger partial charge < -0.3 is 10.6 Å². The number of anilines is 3. The van der Waals surface area contributed by atoms with Crippen LogP contribution in [0, 0.1) is 13.8 Å². The molecule has 0 bridgehead atoms. The van der Waals surface area contributed by atoms with Crippen LogP contribution in [0.1, 0.15) is 18.1 Å². The molecule has 2 aromatic rings. The molecule has 2 N–H and O–H groups in total. The summed E-state index contributed by atoms with van der Waals surface area (Å²) in [5.41, 5.74) is 4.12. The van der Waals surface area contributed by atoms with Crippen LogP contribution in [0.5, 0.6) is 0 Å². The summed E-state index contributed by atoms with van der Waals surface area (Å²) in [6, 6.07) is 9.91. The predicted octanol–water partition coefficient (Wildman–Crippen LogP) is 3.40. The molecule has 2 rings (SSSR count). The van der Waals surface area contributed by atoms with E-state index in [0.29, 0.717) is 5.69 Å². The van der Waals surface area contributed by atoms with Crippen LogP contribution in [0.25, 0.3) is 0 Å². The third-order valence-corrected chi connectivity index (χ3v) is 2.58. The molecule has 98 valence electrons. The van der Waals surface area contributed by atoms with E-state index in [1.54, 1.807) is 6.20 Å². The molecule has 0 saturated heterocycles. The van der Waals surface area contributed by atoms with E-state index in [4.69, 9.17) is 0 Å². The molecule has 1 heterocycles. The van der Waals surface area contributed by atoms with Gasteiger partial charge in [-0.05, 0) is 49.2 Å². The molecule has 0 aliphatic heterocycles. The van der Waals surface area contributed by atoms with E-state index in [0.717, 1.165) is 11.5 Å². The number of hydrogen-bond acceptors (Lipinski definition) is 3. The number of benzene rings is 1. The standard InChI is InChI=1S/C15H17N3O/c1-10-6-11(2)8-14(7-10)18-15-5-4-13(9-16-15)17-12(3)19/h4-9H,1-3H3,(H,16,18)(H,17,19). The lowest BCUT2D eigenvalue weighted by atomic mass is 10.1. The van der Waals surface area contributed by atoms with Crippen LogP contribution in [0.15, 0.2) is 36.5 Å². The summed E-state index contributed by atoms with van der Waals surface area (Å²) in [6.07, 6.45) is 1.63. The molecule has 0 fully saturated rings. The van der Waals surface area contributed by atoms with Crippen molar-refractivity contribution in [3.8, 4) is 0 Å². The fraction of sp³-hybridized carbons (Fsp3) is 0.200. The van der Waals surface area contributed by atoms with Gasteiger partial charge in [0.2, 0.25) is 5.91 Å². The van der Waals surface area contributed by atoms with E-state index in [2.05, 4.69) is 47.7 Å². The first-order valence-electron chi connectivity index (χ1n) is 6.12. The van der Waals surface area contributed by atoms with Crippen LogP contribution < -0.4 is 10.6 Å². The topological polar surface area (TPSA) is 54.0 Å². The third-order valence-electron chi connectivity index (χ3n) is 2.58. The highest BCUT2D eigenvalue weighted by Crippen LogP contribution is 2.19. The second-order valence-corrected chi connectivity index (χ2v) is 4.61. The summed E-state index contributed by atoms with van der Waals surface area (Å²) in [4.78, 5) is 15.2. The number of nitrogens with one attached hydrogen (secondary N) is 2. The molecule has 0 aliphatic carbocycles. The Labute approximate surface area is 112 Å². The minimum atomic E-state index is -0.100. The number of pyridine rings is 1. The van der Waals surface area contributed by atoms with E-state index in [-0.39, 0.29) is 5.91 Å². The van der Waals surface area contributed by atoms with Crippen molar-refractivity contribution >= 4 is 23.1 Å². The van der Waals surface area contributed by atoms with Crippen molar-refractivity contribution < 1.29 is 4.79 Å². The Morgan fingerprint density at radius 2 is 1.74 bits per heavy atom. The highest BCUT2D eigenvalue weighted by molar-refractivity contribution is 5.88. The fourth-order valence-corrected chi connectivity index (χ4v) is 1.94. The zero-order chi connectivity index (χ0) is 13.8. The second kappa shape index (κ2) is 5.52. The lowest BCUT2D eigenvalue weighted by Gasteiger charge is -2.08. The summed E-state index contributed by atoms with van der Waals surface area (Å²) >= 11 is 0. The summed E-state index contributed by atoms with van der Waals surface area (Å²) in [6.45, 7) is 5.60. The molecule has 4 nitrogen and oxygen atoms in total. The van der Waals surface area contributed by atoms with Crippen molar-refractivity contribution in [1.29, 1.82) is 0 Å². The number of amides is 1. The second-order valence-electron chi connectivity index (χ2n) is 4.61. The molecule has 19 heavy (non-hydrogen) atoms. The Kier molecular flexibility index (Phi) is 3.80. The molecule has 1 amide bonds. The zero-order valence-electron chi connectivity index (χ0n) is 11.3. The Balaban J connectivity index is 2.12. The number of aryl methyl sites for hydroxylation is 2. The fourth-order valence-electron chi connectivity index (χ4n) is 1.94. The Morgan fingerprint density at radius 3 is 2.26 bits per heavy atom. The number of hydrogen-bond donors (Lipinski definition) is 2. The molecule has 0 saturated carbocycles. The number of rotatable bonds is 3. The largest absolute Gasteiger partial charge is 0.340 e. The molecular weight excluding hydrogens is 238 g/mol. The highest BCUT2D eigenvalue weighted by atomic mass is 16.1. The third kappa shape index (κ3) is 3.81. The van der Waals surface area contributed by atoms with Crippen molar-refractivity contribution in [1.82, 2.24) is 4.98 Å². The van der Waals surface area contributed by atoms with Gasteiger partial charge in [0.05, 0.1) is 11.9 Å². The van der Waals surface area contributed by atoms with Gasteiger partial charge in [0, 0.05) is 12.6 Å². The maximum atomic E-state index is 10.9. The Hall–Kier alpha value is -2.36. The van der Waals surface area contributed by atoms with Gasteiger partial charge in [-0.3, -0.25) is 4.79 Å². The average Bonchev–Trinajstić information content (AvgIpc) is 2.29. The van der Waals surface area contributed by atoms with Crippen molar-refractivity contribution in [2.24, 2.45) is 0 Å². The monoisotopic (exact) mass is 255 g/mol. The summed E-state index contributed by atoms with van der Waals surface area (Å²) in [5, 5.41) is 5.93. The quantitative estimate of drug-likeness (QED) is 0.883. The lowest BCUT2D eigenvalue weighted by molar-refractivity contribution is -0.114. The van der Waals surface area contributed by atoms with Gasteiger partial charge in [0.15, 0.2) is 0 Å². The van der Waals surface area contributed by atoms with Crippen LogP contribution in [0.2, 0.25) is 0 Å². The maximum absolute atomic E-state index is 10.9. The minimum Gasteiger partial charge on any atom is -0.340 e. The molecule has 0 atom stereocenters. The van der Waals surface area contributed by atoms with E-state index < -0.39 is 0 Å². The van der Waals surface area contributed by atoms with Crippen LogP contribution in [0.3, 0.4) is 0 Å². The summed E-state index contributed by atoms with van der Waals surface area (Å²) in [5.74, 6) is 0.649. The SMILES string of the molecule is CC(=O)Nc1ccc(Nc2cc(C)cc(C)c2)nc1. The normalized spacial score (nSPS) is 10.1. The maximum Gasteiger partial charge on any atom is 0.221 e. The van der Waals surface area contributed by atoms with Gasteiger partial charge in [0.25, 0.3) is 0 Å². The van der Waals surface area contributed by atoms with Gasteiger partial charge in [-0.15, -0.1) is 0 Å². The van der Waals surface area contributed by atoms with Crippen LogP contribution in [-0.4, -0.2) is 10.9 Å². The first-order valence-corrected chi connectivity index (χ1v) is 6.12. The van der Waals surface area contributed by atoms with Gasteiger partial charge in [0.1, 0.15) is 5.82 Å². The zero-order valence-corrected chi connectivity index (χ0v) is 11.3. The molecule has 0 unspecified atom stereocenters. The summed E-state index contributed by atoms with van der Waals surface area (Å²) in [7, 11) is 0. The number of carbonyl (C=O) groups is 1. The van der Waals surface area contributed by atoms with Crippen molar-refractivity contribution in [2.75, 3.05) is 10.6 Å². The van der Waals surface area contributed by atoms with E-state index in [1.165, 1.54) is 18.1 Å². The van der Waals surface area contributed by atoms with Crippen LogP contribution in [0.4, 0.5) is 17.2 Å². The average molecular weight is 255 g/mol. The predicted molar refractivity (Wildman–Crippen MR) is 77.7 cm³/mol. The van der Waals surface area contributed by atoms with Gasteiger partial charge >= 0.3 is 0 Å². The molecule has 0 radical (unpaired) electrons. The smallest absolute Gasteiger partial charge is 0.221 e. The van der Waals surface area contributed by atoms with Gasteiger partial charge in [-0.2, -0.15) is 0 Å². The van der Waals surface area contributed by atoms with E-state index >= 15 is 0 Å². The van der Waals surface area contributed by atoms with Gasteiger partial charge in [-0.25, -0.2) is 4.98 Å². The van der Waals surface area contributed by atoms with Crippen molar-refractivity contribution in [3.05, 3.63) is 47.7 Å². The number of nitrogens with zero attached hydrogens (tertiary/aromatic N) is 1. The van der Waals surface area contributed by atoms with Crippen molar-refractivity contribution in [3.63, 3.8) is 0 Å². The molecule has 1 aromatic carbocycles. The van der Waals surface area contributed by atoms with E-state index in [1.807, 2.05) is 12.1 Å². The molecule has 0 spiro atoms. The lowest BCUT2D eigenvalue weighted by Crippen LogP contribution is -2.06. The Morgan fingerprint density at radius 1 is 1.05 bits per heavy atom. The Bertz CT molecular complexity index is 571. The van der Waals surface area contributed by atoms with Crippen LogP contribution in [-0.2, 0) is 4.79 Å². The van der Waals surface area contributed by atoms with Gasteiger partial charge in [-0.1, -0.05) is 6.07 Å². The van der Waals surface area contributed by atoms with Crippen LogP contribution >= 0.6 is 0 Å². The molecule has 0 aliphatic rings. The summed E-state index contributed by atoms with van der Waals surface area (Å²) < 4.78 is 0.